The van der Waals surface area contributed by atoms with Crippen molar-refractivity contribution in [3.05, 3.63) is 0 Å². The first kappa shape index (κ1) is 7.03. The SMILES string of the molecule is CCC(NC)C1(O)CC1. The fraction of sp³-hybridized carbons (Fsp3) is 1.00. The van der Waals surface area contributed by atoms with E-state index in [0.717, 1.165) is 19.3 Å². The van der Waals surface area contributed by atoms with Crippen molar-refractivity contribution in [2.75, 3.05) is 7.05 Å². The smallest absolute Gasteiger partial charge is 0.0802 e. The second kappa shape index (κ2) is 2.27. The van der Waals surface area contributed by atoms with E-state index >= 15 is 0 Å². The van der Waals surface area contributed by atoms with Crippen LogP contribution in [0.5, 0.6) is 0 Å². The highest BCUT2D eigenvalue weighted by atomic mass is 16.3. The van der Waals surface area contributed by atoms with Crippen LogP contribution in [0.4, 0.5) is 0 Å². The summed E-state index contributed by atoms with van der Waals surface area (Å²) in [5.74, 6) is 0. The molecule has 0 radical (unpaired) electrons. The molecule has 0 amide bonds. The molecule has 9 heavy (non-hydrogen) atoms. The first-order valence-corrected chi connectivity index (χ1v) is 3.62. The highest BCUT2D eigenvalue weighted by Gasteiger charge is 2.45. The summed E-state index contributed by atoms with van der Waals surface area (Å²) in [5.41, 5.74) is -0.344. The Bertz CT molecular complexity index is 95.1. The molecule has 0 aromatic carbocycles. The maximum Gasteiger partial charge on any atom is 0.0802 e. The highest BCUT2D eigenvalue weighted by molar-refractivity contribution is 5.02. The number of likely N-dealkylation sites (N-methyl/N-ethyl adjacent to an activating group) is 1. The van der Waals surface area contributed by atoms with Gasteiger partial charge in [-0.2, -0.15) is 0 Å². The van der Waals surface area contributed by atoms with Crippen molar-refractivity contribution < 1.29 is 5.11 Å². The van der Waals surface area contributed by atoms with E-state index in [-0.39, 0.29) is 5.60 Å². The lowest BCUT2D eigenvalue weighted by molar-refractivity contribution is 0.104. The van der Waals surface area contributed by atoms with Crippen molar-refractivity contribution >= 4 is 0 Å². The average Bonchev–Trinajstić information content (AvgIpc) is 2.52. The minimum absolute atomic E-state index is 0.317. The van der Waals surface area contributed by atoms with Crippen molar-refractivity contribution in [2.24, 2.45) is 0 Å². The topological polar surface area (TPSA) is 32.3 Å². The van der Waals surface area contributed by atoms with Crippen molar-refractivity contribution in [1.29, 1.82) is 0 Å². The van der Waals surface area contributed by atoms with Gasteiger partial charge in [-0.1, -0.05) is 6.92 Å². The van der Waals surface area contributed by atoms with Crippen LogP contribution < -0.4 is 5.32 Å². The summed E-state index contributed by atoms with van der Waals surface area (Å²) in [7, 11) is 1.91. The summed E-state index contributed by atoms with van der Waals surface area (Å²) in [6.45, 7) is 2.09. The van der Waals surface area contributed by atoms with E-state index in [1.165, 1.54) is 0 Å². The lowest BCUT2D eigenvalue weighted by atomic mass is 10.1. The average molecular weight is 129 g/mol. The van der Waals surface area contributed by atoms with Crippen LogP contribution >= 0.6 is 0 Å². The van der Waals surface area contributed by atoms with Gasteiger partial charge < -0.3 is 10.4 Å². The summed E-state index contributed by atoms with van der Waals surface area (Å²) in [4.78, 5) is 0. The maximum atomic E-state index is 9.53. The molecule has 0 bridgehead atoms. The first-order chi connectivity index (χ1) is 4.23. The Balaban J connectivity index is 2.37. The third-order valence-corrected chi connectivity index (χ3v) is 2.17. The van der Waals surface area contributed by atoms with Gasteiger partial charge in [0.1, 0.15) is 0 Å². The molecule has 1 unspecified atom stereocenters. The number of nitrogens with one attached hydrogen (secondary N) is 1. The Hall–Kier alpha value is -0.0800. The Morgan fingerprint density at radius 3 is 2.33 bits per heavy atom. The van der Waals surface area contributed by atoms with Crippen molar-refractivity contribution in [3.8, 4) is 0 Å². The van der Waals surface area contributed by atoms with Gasteiger partial charge >= 0.3 is 0 Å². The summed E-state index contributed by atoms with van der Waals surface area (Å²) in [5, 5.41) is 12.6. The molecule has 1 saturated carbocycles. The Labute approximate surface area is 56.3 Å². The van der Waals surface area contributed by atoms with Gasteiger partial charge in [0.25, 0.3) is 0 Å². The number of rotatable bonds is 3. The van der Waals surface area contributed by atoms with Gasteiger partial charge in [0.15, 0.2) is 0 Å². The summed E-state index contributed by atoms with van der Waals surface area (Å²) >= 11 is 0. The summed E-state index contributed by atoms with van der Waals surface area (Å²) in [6, 6.07) is 0.317. The molecular formula is C7H15NO. The van der Waals surface area contributed by atoms with Crippen molar-refractivity contribution in [2.45, 2.75) is 37.8 Å². The number of hydrogen-bond acceptors (Lipinski definition) is 2. The fourth-order valence-corrected chi connectivity index (χ4v) is 1.33. The van der Waals surface area contributed by atoms with Gasteiger partial charge in [-0.25, -0.2) is 0 Å². The molecule has 0 saturated heterocycles. The van der Waals surface area contributed by atoms with Gasteiger partial charge in [0.05, 0.1) is 5.60 Å². The largest absolute Gasteiger partial charge is 0.388 e. The third-order valence-electron chi connectivity index (χ3n) is 2.17. The molecule has 2 heteroatoms. The van der Waals surface area contributed by atoms with Gasteiger partial charge in [-0.15, -0.1) is 0 Å². The standard InChI is InChI=1S/C7H15NO/c1-3-6(8-2)7(9)4-5-7/h6,8-9H,3-5H2,1-2H3. The minimum Gasteiger partial charge on any atom is -0.388 e. The predicted molar refractivity (Wildman–Crippen MR) is 37.3 cm³/mol. The van der Waals surface area contributed by atoms with Crippen LogP contribution in [0.2, 0.25) is 0 Å². The second-order valence-electron chi connectivity index (χ2n) is 2.85. The molecule has 0 heterocycles. The molecule has 0 spiro atoms. The van der Waals surface area contributed by atoms with Gasteiger partial charge in [-0.05, 0) is 26.3 Å². The van der Waals surface area contributed by atoms with Crippen molar-refractivity contribution in [1.82, 2.24) is 5.32 Å². The van der Waals surface area contributed by atoms with Crippen LogP contribution in [0.25, 0.3) is 0 Å². The Morgan fingerprint density at radius 2 is 2.22 bits per heavy atom. The zero-order valence-corrected chi connectivity index (χ0v) is 6.15. The quantitative estimate of drug-likeness (QED) is 0.582. The molecule has 1 aliphatic carbocycles. The Kier molecular flexibility index (Phi) is 1.78. The summed E-state index contributed by atoms with van der Waals surface area (Å²) in [6.07, 6.45) is 2.98. The second-order valence-corrected chi connectivity index (χ2v) is 2.85. The lowest BCUT2D eigenvalue weighted by Crippen LogP contribution is -2.38. The normalized spacial score (nSPS) is 25.7. The minimum atomic E-state index is -0.344. The van der Waals surface area contributed by atoms with Gasteiger partial charge in [-0.3, -0.25) is 0 Å². The summed E-state index contributed by atoms with van der Waals surface area (Å²) < 4.78 is 0. The van der Waals surface area contributed by atoms with E-state index in [2.05, 4.69) is 12.2 Å². The zero-order chi connectivity index (χ0) is 6.91. The van der Waals surface area contributed by atoms with Crippen LogP contribution in [0.3, 0.4) is 0 Å². The van der Waals surface area contributed by atoms with Crippen LogP contribution in [-0.4, -0.2) is 23.8 Å². The van der Waals surface area contributed by atoms with E-state index in [1.54, 1.807) is 0 Å². The lowest BCUT2D eigenvalue weighted by Gasteiger charge is -2.19. The molecule has 1 atom stereocenters. The van der Waals surface area contributed by atoms with Crippen LogP contribution in [0, 0.1) is 0 Å². The van der Waals surface area contributed by atoms with E-state index in [1.807, 2.05) is 7.05 Å². The van der Waals surface area contributed by atoms with E-state index in [9.17, 15) is 5.11 Å². The van der Waals surface area contributed by atoms with E-state index < -0.39 is 0 Å². The number of hydrogen-bond donors (Lipinski definition) is 2. The van der Waals surface area contributed by atoms with Gasteiger partial charge in [0.2, 0.25) is 0 Å². The molecule has 54 valence electrons. The van der Waals surface area contributed by atoms with Crippen molar-refractivity contribution in [3.63, 3.8) is 0 Å². The molecule has 0 aromatic heterocycles. The molecule has 1 rings (SSSR count). The molecule has 1 fully saturated rings. The van der Waals surface area contributed by atoms with Crippen LogP contribution in [0.15, 0.2) is 0 Å². The number of aliphatic hydroxyl groups is 1. The van der Waals surface area contributed by atoms with Crippen LogP contribution in [0.1, 0.15) is 26.2 Å². The molecule has 0 aliphatic heterocycles. The first-order valence-electron chi connectivity index (χ1n) is 3.62. The zero-order valence-electron chi connectivity index (χ0n) is 6.15. The third kappa shape index (κ3) is 1.25. The maximum absolute atomic E-state index is 9.53. The Morgan fingerprint density at radius 1 is 1.67 bits per heavy atom. The van der Waals surface area contributed by atoms with E-state index in [4.69, 9.17) is 0 Å². The predicted octanol–water partition coefficient (Wildman–Crippen LogP) is 0.509. The molecule has 1 aliphatic rings. The molecule has 2 N–H and O–H groups in total. The molecule has 0 aromatic rings. The van der Waals surface area contributed by atoms with Crippen LogP contribution in [-0.2, 0) is 0 Å². The fourth-order valence-electron chi connectivity index (χ4n) is 1.33. The van der Waals surface area contributed by atoms with E-state index in [0.29, 0.717) is 6.04 Å². The molecular weight excluding hydrogens is 114 g/mol. The monoisotopic (exact) mass is 129 g/mol. The highest BCUT2D eigenvalue weighted by Crippen LogP contribution is 2.39. The molecule has 2 nitrogen and oxygen atoms in total. The van der Waals surface area contributed by atoms with Gasteiger partial charge in [0, 0.05) is 6.04 Å².